The quantitative estimate of drug-likeness (QED) is 0.582. The maximum absolute atomic E-state index is 14.6. The van der Waals surface area contributed by atoms with E-state index in [1.807, 2.05) is 6.92 Å². The molecule has 3 N–H and O–H groups in total. The third kappa shape index (κ3) is 5.24. The van der Waals surface area contributed by atoms with Crippen molar-refractivity contribution in [3.8, 4) is 0 Å². The van der Waals surface area contributed by atoms with E-state index in [4.69, 9.17) is 10.5 Å². The summed E-state index contributed by atoms with van der Waals surface area (Å²) in [4.78, 5) is 43.2. The Morgan fingerprint density at radius 3 is 2.76 bits per heavy atom. The molecule has 0 saturated carbocycles. The van der Waals surface area contributed by atoms with E-state index in [1.165, 1.54) is 22.6 Å². The van der Waals surface area contributed by atoms with Gasteiger partial charge in [0.25, 0.3) is 5.56 Å². The van der Waals surface area contributed by atoms with Crippen molar-refractivity contribution >= 4 is 23.1 Å². The molecule has 11 heteroatoms. The Hall–Kier alpha value is -3.21. The number of methoxy groups -OCH3 is 1. The highest BCUT2D eigenvalue weighted by atomic mass is 19.1. The topological polar surface area (TPSA) is 114 Å². The molecule has 0 atom stereocenters. The first-order valence-electron chi connectivity index (χ1n) is 10.9. The van der Waals surface area contributed by atoms with Crippen molar-refractivity contribution in [1.29, 1.82) is 0 Å². The number of ether oxygens (including phenoxy) is 1. The molecule has 1 amide bonds. The average Bonchev–Trinajstić information content (AvgIpc) is 2.75. The second kappa shape index (κ2) is 10.6. The molecule has 1 aliphatic rings. The van der Waals surface area contributed by atoms with Gasteiger partial charge >= 0.3 is 5.69 Å². The summed E-state index contributed by atoms with van der Waals surface area (Å²) >= 11 is 0. The highest BCUT2D eigenvalue weighted by Crippen LogP contribution is 2.31. The predicted molar refractivity (Wildman–Crippen MR) is 122 cm³/mol. The summed E-state index contributed by atoms with van der Waals surface area (Å²) in [5, 5.41) is 0. The Labute approximate surface area is 189 Å². The van der Waals surface area contributed by atoms with Crippen molar-refractivity contribution in [3.05, 3.63) is 50.2 Å². The third-order valence-corrected chi connectivity index (χ3v) is 5.66. The number of benzene rings is 1. The monoisotopic (exact) mass is 465 g/mol. The number of carbonyl (C=O) groups excluding carboxylic acids is 1. The molecule has 1 aromatic heterocycles. The van der Waals surface area contributed by atoms with E-state index in [-0.39, 0.29) is 43.4 Å². The number of anilines is 3. The van der Waals surface area contributed by atoms with Crippen molar-refractivity contribution in [1.82, 2.24) is 9.55 Å². The molecule has 0 radical (unpaired) electrons. The van der Waals surface area contributed by atoms with Crippen LogP contribution in [0.5, 0.6) is 0 Å². The SMILES string of the molecule is CCCCn1c(N)c(N(CCOC)C(=O)CN2CCCc3cc(F)cc(F)c32)c(=O)[nH]c1=O. The molecule has 0 aliphatic carbocycles. The molecule has 0 saturated heterocycles. The number of nitrogens with one attached hydrogen (secondary N) is 1. The first-order valence-corrected chi connectivity index (χ1v) is 10.9. The summed E-state index contributed by atoms with van der Waals surface area (Å²) in [7, 11) is 1.45. The van der Waals surface area contributed by atoms with Crippen LogP contribution in [0.2, 0.25) is 0 Å². The van der Waals surface area contributed by atoms with Crippen LogP contribution in [0.1, 0.15) is 31.7 Å². The van der Waals surface area contributed by atoms with Crippen molar-refractivity contribution in [3.63, 3.8) is 0 Å². The fraction of sp³-hybridized carbons (Fsp3) is 0.500. The molecular weight excluding hydrogens is 436 g/mol. The number of aryl methyl sites for hydroxylation is 1. The van der Waals surface area contributed by atoms with Gasteiger partial charge in [-0.3, -0.25) is 19.1 Å². The third-order valence-electron chi connectivity index (χ3n) is 5.66. The molecule has 1 aromatic carbocycles. The van der Waals surface area contributed by atoms with E-state index in [0.717, 1.165) is 17.4 Å². The van der Waals surface area contributed by atoms with Gasteiger partial charge in [0.05, 0.1) is 18.8 Å². The summed E-state index contributed by atoms with van der Waals surface area (Å²) in [5.74, 6) is -2.06. The number of rotatable bonds is 9. The lowest BCUT2D eigenvalue weighted by atomic mass is 10.0. The van der Waals surface area contributed by atoms with Gasteiger partial charge < -0.3 is 20.3 Å². The number of aromatic amines is 1. The number of unbranched alkanes of at least 4 members (excludes halogenated alkanes) is 1. The van der Waals surface area contributed by atoms with E-state index in [0.29, 0.717) is 31.4 Å². The van der Waals surface area contributed by atoms with Gasteiger partial charge in [0.1, 0.15) is 17.5 Å². The Balaban J connectivity index is 1.98. The molecule has 9 nitrogen and oxygen atoms in total. The minimum atomic E-state index is -0.790. The molecule has 0 bridgehead atoms. The number of halogens is 2. The minimum Gasteiger partial charge on any atom is -0.383 e. The summed E-state index contributed by atoms with van der Waals surface area (Å²) in [6.07, 6.45) is 2.57. The fourth-order valence-electron chi connectivity index (χ4n) is 4.06. The van der Waals surface area contributed by atoms with E-state index in [9.17, 15) is 23.2 Å². The van der Waals surface area contributed by atoms with E-state index < -0.39 is 28.8 Å². The number of amides is 1. The highest BCUT2D eigenvalue weighted by molar-refractivity contribution is 5.98. The smallest absolute Gasteiger partial charge is 0.330 e. The second-order valence-electron chi connectivity index (χ2n) is 7.96. The van der Waals surface area contributed by atoms with Crippen molar-refractivity contribution in [2.75, 3.05) is 48.9 Å². The number of fused-ring (bicyclic) bond motifs is 1. The lowest BCUT2D eigenvalue weighted by Crippen LogP contribution is -2.47. The number of nitrogens with zero attached hydrogens (tertiary/aromatic N) is 3. The van der Waals surface area contributed by atoms with Crippen LogP contribution in [0.4, 0.5) is 26.0 Å². The number of nitrogen functional groups attached to an aromatic ring is 1. The summed E-state index contributed by atoms with van der Waals surface area (Å²) in [6, 6.07) is 2.06. The molecule has 0 fully saturated rings. The number of carbonyl (C=O) groups is 1. The summed E-state index contributed by atoms with van der Waals surface area (Å²) < 4.78 is 34.5. The predicted octanol–water partition coefficient (Wildman–Crippen LogP) is 1.63. The zero-order valence-electron chi connectivity index (χ0n) is 18.8. The van der Waals surface area contributed by atoms with Crippen molar-refractivity contribution in [2.24, 2.45) is 0 Å². The summed E-state index contributed by atoms with van der Waals surface area (Å²) in [5.41, 5.74) is 5.26. The molecule has 180 valence electrons. The molecule has 0 spiro atoms. The van der Waals surface area contributed by atoms with Gasteiger partial charge in [-0.25, -0.2) is 13.6 Å². The molecular formula is C22H29F2N5O4. The van der Waals surface area contributed by atoms with E-state index >= 15 is 0 Å². The van der Waals surface area contributed by atoms with Crippen LogP contribution in [-0.2, 0) is 22.5 Å². The first-order chi connectivity index (χ1) is 15.8. The maximum atomic E-state index is 14.6. The van der Waals surface area contributed by atoms with Crippen LogP contribution in [0.15, 0.2) is 21.7 Å². The zero-order valence-corrected chi connectivity index (χ0v) is 18.8. The minimum absolute atomic E-state index is 0.00118. The van der Waals surface area contributed by atoms with Crippen LogP contribution in [0.3, 0.4) is 0 Å². The van der Waals surface area contributed by atoms with Gasteiger partial charge in [-0.2, -0.15) is 0 Å². The van der Waals surface area contributed by atoms with Gasteiger partial charge in [0.2, 0.25) is 5.91 Å². The highest BCUT2D eigenvalue weighted by Gasteiger charge is 2.29. The van der Waals surface area contributed by atoms with Gasteiger partial charge in [0, 0.05) is 32.8 Å². The Morgan fingerprint density at radius 1 is 1.30 bits per heavy atom. The largest absolute Gasteiger partial charge is 0.383 e. The number of hydrogen-bond donors (Lipinski definition) is 2. The molecule has 2 heterocycles. The Kier molecular flexibility index (Phi) is 7.85. The van der Waals surface area contributed by atoms with Crippen LogP contribution >= 0.6 is 0 Å². The van der Waals surface area contributed by atoms with Gasteiger partial charge in [-0.05, 0) is 30.9 Å². The Bertz CT molecular complexity index is 1130. The Morgan fingerprint density at radius 2 is 2.06 bits per heavy atom. The average molecular weight is 466 g/mol. The van der Waals surface area contributed by atoms with Crippen LogP contribution in [-0.4, -0.2) is 48.8 Å². The van der Waals surface area contributed by atoms with Crippen LogP contribution in [0, 0.1) is 11.6 Å². The molecule has 33 heavy (non-hydrogen) atoms. The van der Waals surface area contributed by atoms with E-state index in [1.54, 1.807) is 0 Å². The number of nitrogens with two attached hydrogens (primary N) is 1. The molecule has 1 aliphatic heterocycles. The fourth-order valence-corrected chi connectivity index (χ4v) is 4.06. The zero-order chi connectivity index (χ0) is 24.1. The number of aromatic nitrogens is 2. The normalized spacial score (nSPS) is 13.2. The van der Waals surface area contributed by atoms with E-state index in [2.05, 4.69) is 4.98 Å². The van der Waals surface area contributed by atoms with Gasteiger partial charge in [-0.1, -0.05) is 13.3 Å². The first kappa shape index (κ1) is 24.4. The van der Waals surface area contributed by atoms with Crippen molar-refractivity contribution < 1.29 is 18.3 Å². The number of H-pyrrole nitrogens is 1. The van der Waals surface area contributed by atoms with Crippen LogP contribution in [0.25, 0.3) is 0 Å². The molecule has 0 unspecified atom stereocenters. The lowest BCUT2D eigenvalue weighted by Gasteiger charge is -2.33. The lowest BCUT2D eigenvalue weighted by molar-refractivity contribution is -0.117. The standard InChI is InChI=1S/C22H29F2N5O4/c1-3-4-8-29-20(25)19(21(31)26-22(29)32)28(9-10-33-2)17(30)13-27-7-5-6-14-11-15(23)12-16(24)18(14)27/h11-12H,3-10,13,25H2,1-2H3,(H,26,31,32). The van der Waals surface area contributed by atoms with Gasteiger partial charge in [0.15, 0.2) is 5.69 Å². The van der Waals surface area contributed by atoms with Gasteiger partial charge in [-0.15, -0.1) is 0 Å². The van der Waals surface area contributed by atoms with Crippen LogP contribution < -0.4 is 26.8 Å². The molecule has 3 rings (SSSR count). The second-order valence-corrected chi connectivity index (χ2v) is 7.96. The van der Waals surface area contributed by atoms with Crippen molar-refractivity contribution in [2.45, 2.75) is 39.2 Å². The maximum Gasteiger partial charge on any atom is 0.330 e. The summed E-state index contributed by atoms with van der Waals surface area (Å²) in [6.45, 7) is 2.47. The number of hydrogen-bond acceptors (Lipinski definition) is 6. The molecule has 2 aromatic rings.